The molecule has 138 valence electrons. The van der Waals surface area contributed by atoms with E-state index in [0.29, 0.717) is 33.5 Å². The molecule has 2 aromatic rings. The lowest BCUT2D eigenvalue weighted by atomic mass is 10.1. The molecule has 1 aromatic carbocycles. The number of halogens is 2. The summed E-state index contributed by atoms with van der Waals surface area (Å²) in [4.78, 5) is 27.3. The van der Waals surface area contributed by atoms with Crippen molar-refractivity contribution in [2.75, 3.05) is 13.1 Å². The van der Waals surface area contributed by atoms with Crippen LogP contribution in [0.1, 0.15) is 34.2 Å². The molecule has 0 spiro atoms. The number of aliphatic hydroxyl groups excluding tert-OH is 1. The Morgan fingerprint density at radius 3 is 2.69 bits per heavy atom. The molecule has 26 heavy (non-hydrogen) atoms. The number of nitrogens with zero attached hydrogens (tertiary/aromatic N) is 1. The van der Waals surface area contributed by atoms with Crippen molar-refractivity contribution in [2.45, 2.75) is 25.0 Å². The van der Waals surface area contributed by atoms with Gasteiger partial charge < -0.3 is 15.3 Å². The van der Waals surface area contributed by atoms with E-state index in [1.54, 1.807) is 29.2 Å². The Kier molecular flexibility index (Phi) is 6.19. The fourth-order valence-electron chi connectivity index (χ4n) is 3.02. The Hall–Kier alpha value is -1.60. The summed E-state index contributed by atoms with van der Waals surface area (Å²) in [5.41, 5.74) is 0.528. The third kappa shape index (κ3) is 4.38. The number of benzene rings is 1. The topological polar surface area (TPSA) is 69.6 Å². The normalized spacial score (nSPS) is 18.0. The highest BCUT2D eigenvalue weighted by atomic mass is 35.5. The molecule has 2 heterocycles. The van der Waals surface area contributed by atoms with Crippen molar-refractivity contribution in [3.63, 3.8) is 0 Å². The van der Waals surface area contributed by atoms with Crippen LogP contribution in [0.15, 0.2) is 35.7 Å². The molecule has 2 N–H and O–H groups in total. The number of carbonyl (C=O) groups is 2. The number of likely N-dealkylation sites (tertiary alicyclic amines) is 1. The molecule has 5 nitrogen and oxygen atoms in total. The van der Waals surface area contributed by atoms with Crippen LogP contribution in [-0.2, 0) is 4.79 Å². The molecule has 1 unspecified atom stereocenters. The molecule has 0 bridgehead atoms. The van der Waals surface area contributed by atoms with E-state index in [1.807, 2.05) is 11.4 Å². The second kappa shape index (κ2) is 8.39. The minimum Gasteiger partial charge on any atom is -0.387 e. The first-order valence-electron chi connectivity index (χ1n) is 8.22. The van der Waals surface area contributed by atoms with Gasteiger partial charge in [-0.2, -0.15) is 0 Å². The maximum absolute atomic E-state index is 12.5. The van der Waals surface area contributed by atoms with Gasteiger partial charge in [-0.25, -0.2) is 0 Å². The van der Waals surface area contributed by atoms with Gasteiger partial charge in [0.05, 0.1) is 11.0 Å². The van der Waals surface area contributed by atoms with Crippen LogP contribution in [0.4, 0.5) is 0 Å². The van der Waals surface area contributed by atoms with Crippen LogP contribution >= 0.6 is 34.5 Å². The molecule has 0 radical (unpaired) electrons. The highest BCUT2D eigenvalue weighted by Crippen LogP contribution is 2.24. The largest absolute Gasteiger partial charge is 0.387 e. The molecule has 8 heteroatoms. The Morgan fingerprint density at radius 2 is 2.04 bits per heavy atom. The fourth-order valence-corrected chi connectivity index (χ4v) is 4.25. The van der Waals surface area contributed by atoms with Gasteiger partial charge in [-0.3, -0.25) is 9.59 Å². The van der Waals surface area contributed by atoms with Crippen molar-refractivity contribution in [1.29, 1.82) is 0 Å². The van der Waals surface area contributed by atoms with Gasteiger partial charge in [0, 0.05) is 23.1 Å². The second-order valence-corrected chi connectivity index (χ2v) is 7.92. The Balaban J connectivity index is 1.61. The zero-order valence-corrected chi connectivity index (χ0v) is 16.2. The quantitative estimate of drug-likeness (QED) is 0.788. The summed E-state index contributed by atoms with van der Waals surface area (Å²) in [6.45, 7) is 0.578. The van der Waals surface area contributed by atoms with Crippen molar-refractivity contribution in [3.05, 3.63) is 56.2 Å². The van der Waals surface area contributed by atoms with Crippen molar-refractivity contribution < 1.29 is 14.7 Å². The highest BCUT2D eigenvalue weighted by Gasteiger charge is 2.34. The van der Waals surface area contributed by atoms with E-state index in [-0.39, 0.29) is 18.4 Å². The monoisotopic (exact) mass is 412 g/mol. The van der Waals surface area contributed by atoms with Crippen molar-refractivity contribution in [1.82, 2.24) is 10.2 Å². The summed E-state index contributed by atoms with van der Waals surface area (Å²) >= 11 is 13.2. The van der Waals surface area contributed by atoms with E-state index in [0.717, 1.165) is 6.42 Å². The third-order valence-electron chi connectivity index (χ3n) is 4.29. The molecule has 1 fully saturated rings. The average Bonchev–Trinajstić information content (AvgIpc) is 3.29. The summed E-state index contributed by atoms with van der Waals surface area (Å²) in [6, 6.07) is 7.84. The van der Waals surface area contributed by atoms with Gasteiger partial charge in [-0.05, 0) is 48.1 Å². The molecule has 0 aliphatic carbocycles. The van der Waals surface area contributed by atoms with E-state index in [2.05, 4.69) is 5.32 Å². The first-order valence-corrected chi connectivity index (χ1v) is 9.85. The number of hydrogen-bond donors (Lipinski definition) is 2. The number of hydrogen-bond acceptors (Lipinski definition) is 4. The summed E-state index contributed by atoms with van der Waals surface area (Å²) in [5, 5.41) is 15.7. The SMILES string of the molecule is O=C(NCC(O)c1cc(Cl)cc(Cl)c1)[C@@H]1CCCN1C(=O)c1cccs1. The van der Waals surface area contributed by atoms with Crippen molar-refractivity contribution in [3.8, 4) is 0 Å². The fraction of sp³-hybridized carbons (Fsp3) is 0.333. The Labute approximate surface area is 165 Å². The van der Waals surface area contributed by atoms with E-state index >= 15 is 0 Å². The molecule has 3 rings (SSSR count). The number of nitrogens with one attached hydrogen (secondary N) is 1. The van der Waals surface area contributed by atoms with Crippen LogP contribution in [-0.4, -0.2) is 41.0 Å². The molecule has 1 aliphatic rings. The number of thiophene rings is 1. The highest BCUT2D eigenvalue weighted by molar-refractivity contribution is 7.12. The minimum atomic E-state index is -0.932. The third-order valence-corrected chi connectivity index (χ3v) is 5.58. The number of carbonyl (C=O) groups excluding carboxylic acids is 2. The maximum Gasteiger partial charge on any atom is 0.264 e. The number of amides is 2. The average molecular weight is 413 g/mol. The molecular weight excluding hydrogens is 395 g/mol. The Bertz CT molecular complexity index is 777. The lowest BCUT2D eigenvalue weighted by molar-refractivity contribution is -0.125. The van der Waals surface area contributed by atoms with E-state index in [4.69, 9.17) is 23.2 Å². The minimum absolute atomic E-state index is 0.0209. The molecular formula is C18H18Cl2N2O3S. The van der Waals surface area contributed by atoms with Gasteiger partial charge in [0.1, 0.15) is 6.04 Å². The zero-order valence-electron chi connectivity index (χ0n) is 13.8. The van der Waals surface area contributed by atoms with Gasteiger partial charge >= 0.3 is 0 Å². The van der Waals surface area contributed by atoms with Crippen molar-refractivity contribution in [2.24, 2.45) is 0 Å². The predicted octanol–water partition coefficient (Wildman–Crippen LogP) is 3.51. The summed E-state index contributed by atoms with van der Waals surface area (Å²) in [5.74, 6) is -0.389. The molecule has 1 saturated heterocycles. The van der Waals surface area contributed by atoms with E-state index in [9.17, 15) is 14.7 Å². The summed E-state index contributed by atoms with van der Waals surface area (Å²) in [6.07, 6.45) is 0.460. The maximum atomic E-state index is 12.5. The molecule has 1 aliphatic heterocycles. The standard InChI is InChI=1S/C18H18Cl2N2O3S/c19-12-7-11(8-13(20)9-12)15(23)10-21-17(24)14-3-1-5-22(14)18(25)16-4-2-6-26-16/h2,4,6-9,14-15,23H,1,3,5,10H2,(H,21,24)/t14-,15?/m0/s1. The van der Waals surface area contributed by atoms with E-state index in [1.165, 1.54) is 11.3 Å². The number of aliphatic hydroxyl groups is 1. The summed E-state index contributed by atoms with van der Waals surface area (Å²) < 4.78 is 0. The van der Waals surface area contributed by atoms with Gasteiger partial charge in [0.15, 0.2) is 0 Å². The van der Waals surface area contributed by atoms with Gasteiger partial charge in [-0.1, -0.05) is 29.3 Å². The van der Waals surface area contributed by atoms with Crippen LogP contribution in [0.5, 0.6) is 0 Å². The van der Waals surface area contributed by atoms with Crippen molar-refractivity contribution >= 4 is 46.4 Å². The first-order chi connectivity index (χ1) is 12.5. The summed E-state index contributed by atoms with van der Waals surface area (Å²) in [7, 11) is 0. The van der Waals surface area contributed by atoms with Crippen LogP contribution in [0.2, 0.25) is 10.0 Å². The molecule has 1 aromatic heterocycles. The number of rotatable bonds is 5. The van der Waals surface area contributed by atoms with Gasteiger partial charge in [-0.15, -0.1) is 11.3 Å². The van der Waals surface area contributed by atoms with E-state index < -0.39 is 12.1 Å². The Morgan fingerprint density at radius 1 is 1.31 bits per heavy atom. The van der Waals surface area contributed by atoms with Crippen LogP contribution in [0.3, 0.4) is 0 Å². The van der Waals surface area contributed by atoms with Gasteiger partial charge in [0.2, 0.25) is 5.91 Å². The second-order valence-electron chi connectivity index (χ2n) is 6.10. The zero-order chi connectivity index (χ0) is 18.7. The predicted molar refractivity (Wildman–Crippen MR) is 103 cm³/mol. The van der Waals surface area contributed by atoms with Gasteiger partial charge in [0.25, 0.3) is 5.91 Å². The van der Waals surface area contributed by atoms with Crippen LogP contribution in [0.25, 0.3) is 0 Å². The lowest BCUT2D eigenvalue weighted by Crippen LogP contribution is -2.46. The smallest absolute Gasteiger partial charge is 0.264 e. The molecule has 0 saturated carbocycles. The van der Waals surface area contributed by atoms with Crippen LogP contribution in [0, 0.1) is 0 Å². The van der Waals surface area contributed by atoms with Crippen LogP contribution < -0.4 is 5.32 Å². The lowest BCUT2D eigenvalue weighted by Gasteiger charge is -2.24. The first kappa shape index (κ1) is 19.2. The molecule has 2 atom stereocenters. The molecule has 2 amide bonds.